The second-order valence-corrected chi connectivity index (χ2v) is 4.79. The van der Waals surface area contributed by atoms with E-state index in [-0.39, 0.29) is 11.7 Å². The molecule has 0 unspecified atom stereocenters. The fourth-order valence-electron chi connectivity index (χ4n) is 2.29. The van der Waals surface area contributed by atoms with E-state index in [4.69, 9.17) is 9.15 Å². The van der Waals surface area contributed by atoms with E-state index in [9.17, 15) is 4.39 Å². The molecule has 0 saturated carbocycles. The fourth-order valence-corrected chi connectivity index (χ4v) is 2.29. The molecule has 2 aromatic carbocycles. The molecule has 0 radical (unpaired) electrons. The van der Waals surface area contributed by atoms with Crippen LogP contribution in [0.5, 0.6) is 5.75 Å². The van der Waals surface area contributed by atoms with E-state index < -0.39 is 0 Å². The Morgan fingerprint density at radius 2 is 1.95 bits per heavy atom. The van der Waals surface area contributed by atoms with E-state index in [1.54, 1.807) is 12.1 Å². The number of halogens is 1. The molecule has 3 nitrogen and oxygen atoms in total. The van der Waals surface area contributed by atoms with Gasteiger partial charge in [0.25, 0.3) is 0 Å². The zero-order valence-corrected chi connectivity index (χ0v) is 11.5. The summed E-state index contributed by atoms with van der Waals surface area (Å²) >= 11 is 0. The van der Waals surface area contributed by atoms with Gasteiger partial charge in [0.05, 0.1) is 12.7 Å². The molecular formula is C16H14FNO2. The molecule has 0 aliphatic carbocycles. The topological polar surface area (TPSA) is 35.3 Å². The summed E-state index contributed by atoms with van der Waals surface area (Å²) in [5.74, 6) is 0.452. The molecule has 1 aromatic heterocycles. The van der Waals surface area contributed by atoms with Gasteiger partial charge in [-0.05, 0) is 49.2 Å². The van der Waals surface area contributed by atoms with Crippen molar-refractivity contribution in [3.63, 3.8) is 0 Å². The van der Waals surface area contributed by atoms with Gasteiger partial charge in [-0.25, -0.2) is 9.37 Å². The predicted molar refractivity (Wildman–Crippen MR) is 75.4 cm³/mol. The predicted octanol–water partition coefficient (Wildman–Crippen LogP) is 4.26. The molecule has 0 fully saturated rings. The van der Waals surface area contributed by atoms with Crippen LogP contribution in [0.25, 0.3) is 22.6 Å². The molecule has 0 aliphatic rings. The first-order valence-corrected chi connectivity index (χ1v) is 6.30. The lowest BCUT2D eigenvalue weighted by atomic mass is 10.1. The first-order chi connectivity index (χ1) is 9.58. The average Bonchev–Trinajstić information content (AvgIpc) is 2.83. The molecule has 0 aliphatic heterocycles. The number of benzene rings is 2. The zero-order chi connectivity index (χ0) is 14.3. The third-order valence-electron chi connectivity index (χ3n) is 3.22. The van der Waals surface area contributed by atoms with E-state index in [1.165, 1.54) is 13.2 Å². The first-order valence-electron chi connectivity index (χ1n) is 6.30. The molecule has 0 N–H and O–H groups in total. The Hall–Kier alpha value is -2.36. The van der Waals surface area contributed by atoms with Crippen LogP contribution in [0.1, 0.15) is 11.1 Å². The quantitative estimate of drug-likeness (QED) is 0.698. The van der Waals surface area contributed by atoms with E-state index in [1.807, 2.05) is 26.0 Å². The SMILES string of the molecule is COc1ccc(F)c(-c2nc3cc(C)cc(C)c3o2)c1. The number of ether oxygens (including phenoxy) is 1. The van der Waals surface area contributed by atoms with E-state index in [0.717, 1.165) is 16.6 Å². The van der Waals surface area contributed by atoms with Crippen molar-refractivity contribution < 1.29 is 13.5 Å². The lowest BCUT2D eigenvalue weighted by molar-refractivity contribution is 0.413. The largest absolute Gasteiger partial charge is 0.497 e. The first kappa shape index (κ1) is 12.7. The second-order valence-electron chi connectivity index (χ2n) is 4.79. The van der Waals surface area contributed by atoms with Crippen molar-refractivity contribution in [1.82, 2.24) is 4.98 Å². The van der Waals surface area contributed by atoms with Gasteiger partial charge >= 0.3 is 0 Å². The summed E-state index contributed by atoms with van der Waals surface area (Å²) in [6, 6.07) is 8.44. The zero-order valence-electron chi connectivity index (χ0n) is 11.5. The Balaban J connectivity index is 2.22. The monoisotopic (exact) mass is 271 g/mol. The van der Waals surface area contributed by atoms with Crippen LogP contribution in [-0.2, 0) is 0 Å². The molecule has 20 heavy (non-hydrogen) atoms. The summed E-state index contributed by atoms with van der Waals surface area (Å²) < 4.78 is 24.8. The Kier molecular flexibility index (Phi) is 2.93. The van der Waals surface area contributed by atoms with Gasteiger partial charge in [0, 0.05) is 0 Å². The highest BCUT2D eigenvalue weighted by Gasteiger charge is 2.15. The van der Waals surface area contributed by atoms with Crippen LogP contribution in [0.4, 0.5) is 4.39 Å². The van der Waals surface area contributed by atoms with Gasteiger partial charge in [-0.15, -0.1) is 0 Å². The number of hydrogen-bond acceptors (Lipinski definition) is 3. The van der Waals surface area contributed by atoms with Crippen molar-refractivity contribution >= 4 is 11.1 Å². The maximum atomic E-state index is 13.9. The highest BCUT2D eigenvalue weighted by atomic mass is 19.1. The Morgan fingerprint density at radius 1 is 1.15 bits per heavy atom. The number of fused-ring (bicyclic) bond motifs is 1. The van der Waals surface area contributed by atoms with Gasteiger partial charge in [-0.2, -0.15) is 0 Å². The van der Waals surface area contributed by atoms with Crippen molar-refractivity contribution in [3.05, 3.63) is 47.3 Å². The van der Waals surface area contributed by atoms with Crippen LogP contribution in [0, 0.1) is 19.7 Å². The molecule has 0 bridgehead atoms. The van der Waals surface area contributed by atoms with Crippen molar-refractivity contribution in [1.29, 1.82) is 0 Å². The molecule has 0 saturated heterocycles. The maximum Gasteiger partial charge on any atom is 0.230 e. The Labute approximate surface area is 116 Å². The molecule has 3 aromatic rings. The summed E-state index contributed by atoms with van der Waals surface area (Å²) in [6.07, 6.45) is 0. The minimum absolute atomic E-state index is 0.269. The lowest BCUT2D eigenvalue weighted by Gasteiger charge is -2.02. The minimum atomic E-state index is -0.383. The molecule has 0 amide bonds. The smallest absolute Gasteiger partial charge is 0.230 e. The highest BCUT2D eigenvalue weighted by molar-refractivity contribution is 5.80. The molecule has 0 spiro atoms. The molecule has 4 heteroatoms. The number of aryl methyl sites for hydroxylation is 2. The number of hydrogen-bond donors (Lipinski definition) is 0. The van der Waals surface area contributed by atoms with Crippen LogP contribution in [-0.4, -0.2) is 12.1 Å². The standard InChI is InChI=1S/C16H14FNO2/c1-9-6-10(2)15-14(7-9)18-16(20-15)12-8-11(19-3)4-5-13(12)17/h4-8H,1-3H3. The third-order valence-corrected chi connectivity index (χ3v) is 3.22. The van der Waals surface area contributed by atoms with Gasteiger partial charge in [-0.3, -0.25) is 0 Å². The summed E-state index contributed by atoms with van der Waals surface area (Å²) in [6.45, 7) is 3.94. The Bertz CT molecular complexity index is 793. The van der Waals surface area contributed by atoms with Crippen molar-refractivity contribution in [2.45, 2.75) is 13.8 Å². The number of rotatable bonds is 2. The normalized spacial score (nSPS) is 11.0. The number of methoxy groups -OCH3 is 1. The number of nitrogens with zero attached hydrogens (tertiary/aromatic N) is 1. The highest BCUT2D eigenvalue weighted by Crippen LogP contribution is 2.30. The van der Waals surface area contributed by atoms with Crippen LogP contribution in [0.15, 0.2) is 34.7 Å². The van der Waals surface area contributed by atoms with Gasteiger partial charge in [0.1, 0.15) is 17.1 Å². The van der Waals surface area contributed by atoms with E-state index >= 15 is 0 Å². The average molecular weight is 271 g/mol. The summed E-state index contributed by atoms with van der Waals surface area (Å²) in [5, 5.41) is 0. The van der Waals surface area contributed by atoms with Crippen LogP contribution in [0.3, 0.4) is 0 Å². The number of oxazole rings is 1. The van der Waals surface area contributed by atoms with E-state index in [0.29, 0.717) is 16.9 Å². The van der Waals surface area contributed by atoms with Gasteiger partial charge in [0.2, 0.25) is 5.89 Å². The molecule has 0 atom stereocenters. The minimum Gasteiger partial charge on any atom is -0.497 e. The molecule has 3 rings (SSSR count). The van der Waals surface area contributed by atoms with Gasteiger partial charge < -0.3 is 9.15 Å². The lowest BCUT2D eigenvalue weighted by Crippen LogP contribution is -1.88. The summed E-state index contributed by atoms with van der Waals surface area (Å²) in [4.78, 5) is 4.38. The van der Waals surface area contributed by atoms with Gasteiger partial charge in [-0.1, -0.05) is 6.07 Å². The summed E-state index contributed by atoms with van der Waals surface area (Å²) in [7, 11) is 1.54. The maximum absolute atomic E-state index is 13.9. The van der Waals surface area contributed by atoms with Crippen LogP contribution < -0.4 is 4.74 Å². The van der Waals surface area contributed by atoms with E-state index in [2.05, 4.69) is 4.98 Å². The van der Waals surface area contributed by atoms with Crippen molar-refractivity contribution in [2.24, 2.45) is 0 Å². The number of aromatic nitrogens is 1. The third kappa shape index (κ3) is 2.03. The van der Waals surface area contributed by atoms with Crippen molar-refractivity contribution in [3.8, 4) is 17.2 Å². The fraction of sp³-hybridized carbons (Fsp3) is 0.188. The molecule has 102 valence electrons. The Morgan fingerprint density at radius 3 is 2.70 bits per heavy atom. The van der Waals surface area contributed by atoms with Gasteiger partial charge in [0.15, 0.2) is 5.58 Å². The summed E-state index contributed by atoms with van der Waals surface area (Å²) in [5.41, 5.74) is 3.81. The molecular weight excluding hydrogens is 257 g/mol. The van der Waals surface area contributed by atoms with Crippen LogP contribution in [0.2, 0.25) is 0 Å². The van der Waals surface area contributed by atoms with Crippen LogP contribution >= 0.6 is 0 Å². The molecule has 1 heterocycles. The van der Waals surface area contributed by atoms with Crippen molar-refractivity contribution in [2.75, 3.05) is 7.11 Å². The second kappa shape index (κ2) is 4.63.